The summed E-state index contributed by atoms with van der Waals surface area (Å²) in [4.78, 5) is 9.30. The van der Waals surface area contributed by atoms with E-state index < -0.39 is 0 Å². The highest BCUT2D eigenvalue weighted by Gasteiger charge is 2.09. The van der Waals surface area contributed by atoms with E-state index in [9.17, 15) is 0 Å². The van der Waals surface area contributed by atoms with Crippen molar-refractivity contribution in [1.82, 2.24) is 30.0 Å². The molecule has 0 unspecified atom stereocenters. The highest BCUT2D eigenvalue weighted by Crippen LogP contribution is 2.17. The fraction of sp³-hybridized carbons (Fsp3) is 0.435. The summed E-state index contributed by atoms with van der Waals surface area (Å²) in [5.74, 6) is 2.36. The number of halogens is 1. The van der Waals surface area contributed by atoms with Crippen LogP contribution in [0.4, 0.5) is 0 Å². The van der Waals surface area contributed by atoms with E-state index in [0.29, 0.717) is 19.0 Å². The molecule has 0 aliphatic rings. The first-order chi connectivity index (χ1) is 14.5. The number of imidazole rings is 1. The van der Waals surface area contributed by atoms with Gasteiger partial charge < -0.3 is 15.2 Å². The highest BCUT2D eigenvalue weighted by molar-refractivity contribution is 14.0. The van der Waals surface area contributed by atoms with Crippen LogP contribution in [0.15, 0.2) is 47.7 Å². The van der Waals surface area contributed by atoms with E-state index in [1.165, 1.54) is 0 Å². The molecule has 0 radical (unpaired) electrons. The minimum atomic E-state index is 0. The molecule has 0 aliphatic carbocycles. The molecule has 7 nitrogen and oxygen atoms in total. The van der Waals surface area contributed by atoms with Gasteiger partial charge in [-0.05, 0) is 44.4 Å². The number of benzene rings is 1. The predicted octanol–water partition coefficient (Wildman–Crippen LogP) is 4.21. The van der Waals surface area contributed by atoms with Crippen molar-refractivity contribution in [2.75, 3.05) is 6.54 Å². The number of nitrogens with zero attached hydrogens (tertiary/aromatic N) is 5. The third-order valence-electron chi connectivity index (χ3n) is 4.76. The molecule has 0 bridgehead atoms. The Hall–Kier alpha value is -2.36. The number of rotatable bonds is 8. The monoisotopic (exact) mass is 535 g/mol. The molecule has 3 rings (SSSR count). The van der Waals surface area contributed by atoms with Crippen molar-refractivity contribution in [2.24, 2.45) is 10.9 Å². The zero-order chi connectivity index (χ0) is 21.5. The number of hydrogen-bond donors (Lipinski definition) is 2. The Bertz CT molecular complexity index is 987. The van der Waals surface area contributed by atoms with Crippen molar-refractivity contribution in [2.45, 2.75) is 54.3 Å². The van der Waals surface area contributed by atoms with Gasteiger partial charge in [0.15, 0.2) is 5.96 Å². The van der Waals surface area contributed by atoms with Gasteiger partial charge in [0.1, 0.15) is 5.82 Å². The van der Waals surface area contributed by atoms with Gasteiger partial charge in [-0.25, -0.2) is 14.7 Å². The molecule has 0 aliphatic heterocycles. The Labute approximate surface area is 202 Å². The van der Waals surface area contributed by atoms with E-state index in [2.05, 4.69) is 71.2 Å². The zero-order valence-corrected chi connectivity index (χ0v) is 21.4. The molecule has 8 heteroatoms. The Morgan fingerprint density at radius 2 is 1.94 bits per heavy atom. The standard InChI is InChI=1S/C23H33N7.HI/c1-6-24-23(27-15-22-25-11-12-29(22)16-17(2)3)26-14-20-9-7-8-10-21(20)30-19(5)13-18(4)28-30;/h7-13,17H,6,14-16H2,1-5H3,(H2,24,26,27);1H. The summed E-state index contributed by atoms with van der Waals surface area (Å²) in [6.45, 7) is 13.5. The Balaban J connectivity index is 0.00000341. The van der Waals surface area contributed by atoms with Gasteiger partial charge in [0.05, 0.1) is 24.5 Å². The normalized spacial score (nSPS) is 11.5. The molecular formula is C23H34IN7. The number of aromatic nitrogens is 4. The molecule has 2 heterocycles. The van der Waals surface area contributed by atoms with Crippen LogP contribution >= 0.6 is 24.0 Å². The number of nitrogens with one attached hydrogen (secondary N) is 2. The van der Waals surface area contributed by atoms with Crippen molar-refractivity contribution < 1.29 is 0 Å². The van der Waals surface area contributed by atoms with Gasteiger partial charge in [-0.1, -0.05) is 32.0 Å². The van der Waals surface area contributed by atoms with Crippen LogP contribution in [0.2, 0.25) is 0 Å². The number of guanidine groups is 1. The summed E-state index contributed by atoms with van der Waals surface area (Å²) in [5.41, 5.74) is 4.32. The number of para-hydroxylation sites is 1. The van der Waals surface area contributed by atoms with Gasteiger partial charge in [0.25, 0.3) is 0 Å². The molecule has 2 N–H and O–H groups in total. The summed E-state index contributed by atoms with van der Waals surface area (Å²) >= 11 is 0. The van der Waals surface area contributed by atoms with Crippen LogP contribution in [0, 0.1) is 19.8 Å². The minimum Gasteiger partial charge on any atom is -0.357 e. The van der Waals surface area contributed by atoms with E-state index in [1.54, 1.807) is 0 Å². The van der Waals surface area contributed by atoms with Gasteiger partial charge in [-0.15, -0.1) is 24.0 Å². The lowest BCUT2D eigenvalue weighted by Crippen LogP contribution is -2.37. The quantitative estimate of drug-likeness (QED) is 0.258. The molecule has 0 saturated heterocycles. The third-order valence-corrected chi connectivity index (χ3v) is 4.76. The predicted molar refractivity (Wildman–Crippen MR) is 137 cm³/mol. The largest absolute Gasteiger partial charge is 0.357 e. The van der Waals surface area contributed by atoms with Gasteiger partial charge in [0, 0.05) is 31.2 Å². The van der Waals surface area contributed by atoms with Gasteiger partial charge in [-0.2, -0.15) is 5.10 Å². The lowest BCUT2D eigenvalue weighted by atomic mass is 10.2. The molecule has 0 spiro atoms. The topological polar surface area (TPSA) is 72.1 Å². The maximum Gasteiger partial charge on any atom is 0.191 e. The smallest absolute Gasteiger partial charge is 0.191 e. The summed E-state index contributed by atoms with van der Waals surface area (Å²) in [6, 6.07) is 10.4. The van der Waals surface area contributed by atoms with Gasteiger partial charge in [-0.3, -0.25) is 0 Å². The molecule has 3 aromatic rings. The maximum atomic E-state index is 4.81. The van der Waals surface area contributed by atoms with E-state index in [-0.39, 0.29) is 24.0 Å². The Kier molecular flexibility index (Phi) is 9.54. The van der Waals surface area contributed by atoms with E-state index in [4.69, 9.17) is 4.99 Å². The molecule has 2 aromatic heterocycles. The SMILES string of the molecule is CCNC(=NCc1ccccc1-n1nc(C)cc1C)NCc1nccn1CC(C)C.I. The lowest BCUT2D eigenvalue weighted by Gasteiger charge is -2.14. The van der Waals surface area contributed by atoms with Crippen LogP contribution in [0.5, 0.6) is 0 Å². The maximum absolute atomic E-state index is 4.81. The Morgan fingerprint density at radius 1 is 1.16 bits per heavy atom. The fourth-order valence-corrected chi connectivity index (χ4v) is 3.46. The third kappa shape index (κ3) is 6.81. The van der Waals surface area contributed by atoms with Gasteiger partial charge >= 0.3 is 0 Å². The van der Waals surface area contributed by atoms with Crippen molar-refractivity contribution in [3.63, 3.8) is 0 Å². The van der Waals surface area contributed by atoms with E-state index >= 15 is 0 Å². The highest BCUT2D eigenvalue weighted by atomic mass is 127. The summed E-state index contributed by atoms with van der Waals surface area (Å²) in [6.07, 6.45) is 3.89. The first-order valence-corrected chi connectivity index (χ1v) is 10.6. The average molecular weight is 535 g/mol. The van der Waals surface area contributed by atoms with Crippen molar-refractivity contribution >= 4 is 29.9 Å². The van der Waals surface area contributed by atoms with Crippen molar-refractivity contribution in [3.8, 4) is 5.69 Å². The van der Waals surface area contributed by atoms with Crippen LogP contribution in [0.25, 0.3) is 5.69 Å². The van der Waals surface area contributed by atoms with Crippen LogP contribution in [0.3, 0.4) is 0 Å². The van der Waals surface area contributed by atoms with E-state index in [0.717, 1.165) is 47.5 Å². The number of aryl methyl sites for hydroxylation is 2. The van der Waals surface area contributed by atoms with E-state index in [1.807, 2.05) is 36.1 Å². The molecule has 1 aromatic carbocycles. The first kappa shape index (κ1) is 24.9. The summed E-state index contributed by atoms with van der Waals surface area (Å²) in [7, 11) is 0. The molecule has 0 fully saturated rings. The number of aliphatic imine (C=N–C) groups is 1. The van der Waals surface area contributed by atoms with Crippen LogP contribution in [-0.4, -0.2) is 31.8 Å². The lowest BCUT2D eigenvalue weighted by molar-refractivity contribution is 0.503. The molecular weight excluding hydrogens is 501 g/mol. The van der Waals surface area contributed by atoms with Crippen molar-refractivity contribution in [3.05, 3.63) is 65.5 Å². The molecule has 168 valence electrons. The zero-order valence-electron chi connectivity index (χ0n) is 19.1. The number of hydrogen-bond acceptors (Lipinski definition) is 3. The summed E-state index contributed by atoms with van der Waals surface area (Å²) < 4.78 is 4.18. The Morgan fingerprint density at radius 3 is 2.61 bits per heavy atom. The second-order valence-electron chi connectivity index (χ2n) is 7.91. The molecule has 0 saturated carbocycles. The molecule has 31 heavy (non-hydrogen) atoms. The second kappa shape index (κ2) is 11.9. The van der Waals surface area contributed by atoms with Crippen molar-refractivity contribution in [1.29, 1.82) is 0 Å². The first-order valence-electron chi connectivity index (χ1n) is 10.6. The summed E-state index contributed by atoms with van der Waals surface area (Å²) in [5, 5.41) is 11.4. The van der Waals surface area contributed by atoms with Crippen LogP contribution in [0.1, 0.15) is 43.5 Å². The van der Waals surface area contributed by atoms with Crippen LogP contribution < -0.4 is 10.6 Å². The molecule has 0 amide bonds. The van der Waals surface area contributed by atoms with Crippen LogP contribution in [-0.2, 0) is 19.6 Å². The second-order valence-corrected chi connectivity index (χ2v) is 7.91. The fourth-order valence-electron chi connectivity index (χ4n) is 3.46. The average Bonchev–Trinajstić information content (AvgIpc) is 3.29. The minimum absolute atomic E-state index is 0. The molecule has 0 atom stereocenters. The van der Waals surface area contributed by atoms with Gasteiger partial charge in [0.2, 0.25) is 0 Å².